The first-order valence-corrected chi connectivity index (χ1v) is 6.97. The number of fused-ring (bicyclic) bond motifs is 1. The third kappa shape index (κ3) is 2.18. The van der Waals surface area contributed by atoms with E-state index < -0.39 is 0 Å². The van der Waals surface area contributed by atoms with Gasteiger partial charge in [0, 0.05) is 17.5 Å². The van der Waals surface area contributed by atoms with Crippen LogP contribution in [0.15, 0.2) is 17.1 Å². The molecule has 0 aromatic carbocycles. The maximum atomic E-state index is 11.9. The summed E-state index contributed by atoms with van der Waals surface area (Å²) in [5.41, 5.74) is 3.01. The van der Waals surface area contributed by atoms with E-state index >= 15 is 0 Å². The zero-order valence-corrected chi connectivity index (χ0v) is 11.5. The van der Waals surface area contributed by atoms with Crippen LogP contribution in [0.25, 0.3) is 5.65 Å². The van der Waals surface area contributed by atoms with Gasteiger partial charge in [0.15, 0.2) is 0 Å². The highest BCUT2D eigenvalue weighted by Crippen LogP contribution is 2.27. The van der Waals surface area contributed by atoms with Crippen LogP contribution in [-0.4, -0.2) is 39.6 Å². The van der Waals surface area contributed by atoms with Gasteiger partial charge in [-0.25, -0.2) is 4.52 Å². The van der Waals surface area contributed by atoms with Crippen molar-refractivity contribution < 1.29 is 0 Å². The number of hydrogen-bond donors (Lipinski definition) is 1. The van der Waals surface area contributed by atoms with Crippen molar-refractivity contribution in [1.29, 1.82) is 0 Å². The average molecular weight is 260 g/mol. The van der Waals surface area contributed by atoms with Crippen LogP contribution in [0.3, 0.4) is 0 Å². The van der Waals surface area contributed by atoms with E-state index in [1.807, 2.05) is 10.7 Å². The molecule has 0 spiro atoms. The number of piperidine rings is 1. The summed E-state index contributed by atoms with van der Waals surface area (Å²) >= 11 is 0. The van der Waals surface area contributed by atoms with E-state index in [2.05, 4.69) is 29.0 Å². The number of rotatable bonds is 2. The molecule has 0 bridgehead atoms. The molecule has 5 nitrogen and oxygen atoms in total. The number of aryl methyl sites for hydroxylation is 1. The van der Waals surface area contributed by atoms with Gasteiger partial charge in [-0.1, -0.05) is 6.92 Å². The van der Waals surface area contributed by atoms with Crippen molar-refractivity contribution in [3.8, 4) is 0 Å². The first-order chi connectivity index (χ1) is 9.19. The number of nitrogens with zero attached hydrogens (tertiary/aromatic N) is 3. The molecule has 1 aliphatic heterocycles. The van der Waals surface area contributed by atoms with Crippen molar-refractivity contribution in [2.45, 2.75) is 32.1 Å². The summed E-state index contributed by atoms with van der Waals surface area (Å²) in [6.07, 6.45) is 4.94. The molecule has 3 heterocycles. The van der Waals surface area contributed by atoms with Gasteiger partial charge in [0.1, 0.15) is 5.65 Å². The molecule has 3 rings (SSSR count). The third-order valence-corrected chi connectivity index (χ3v) is 4.13. The smallest absolute Gasteiger partial charge is 0.251 e. The molecule has 0 saturated carbocycles. The Morgan fingerprint density at radius 1 is 1.42 bits per heavy atom. The van der Waals surface area contributed by atoms with Crippen LogP contribution in [0.5, 0.6) is 0 Å². The Bertz CT molecular complexity index is 634. The molecule has 1 saturated heterocycles. The first-order valence-electron chi connectivity index (χ1n) is 6.97. The van der Waals surface area contributed by atoms with E-state index in [0.717, 1.165) is 49.3 Å². The van der Waals surface area contributed by atoms with Crippen LogP contribution in [0.4, 0.5) is 0 Å². The fourth-order valence-electron chi connectivity index (χ4n) is 2.91. The van der Waals surface area contributed by atoms with Gasteiger partial charge >= 0.3 is 0 Å². The van der Waals surface area contributed by atoms with E-state index in [0.29, 0.717) is 5.92 Å². The summed E-state index contributed by atoms with van der Waals surface area (Å²) in [7, 11) is 2.15. The normalized spacial score (nSPS) is 18.2. The second-order valence-electron chi connectivity index (χ2n) is 5.42. The molecule has 2 aromatic rings. The SMILES string of the molecule is CCc1cnn2c(C3CCN(C)CC3)cc(=O)[nH]c12. The molecule has 1 fully saturated rings. The molecule has 0 atom stereocenters. The quantitative estimate of drug-likeness (QED) is 0.888. The van der Waals surface area contributed by atoms with E-state index in [1.54, 1.807) is 6.07 Å². The highest BCUT2D eigenvalue weighted by Gasteiger charge is 2.22. The summed E-state index contributed by atoms with van der Waals surface area (Å²) in [6.45, 7) is 4.25. The Hall–Kier alpha value is -1.62. The number of aromatic nitrogens is 3. The molecule has 1 aliphatic rings. The monoisotopic (exact) mass is 260 g/mol. The summed E-state index contributed by atoms with van der Waals surface area (Å²) in [5, 5.41) is 4.46. The Labute approximate surface area is 112 Å². The van der Waals surface area contributed by atoms with Crippen LogP contribution >= 0.6 is 0 Å². The van der Waals surface area contributed by atoms with Crippen molar-refractivity contribution in [1.82, 2.24) is 19.5 Å². The van der Waals surface area contributed by atoms with Crippen LogP contribution in [0.2, 0.25) is 0 Å². The lowest BCUT2D eigenvalue weighted by Crippen LogP contribution is -2.30. The molecule has 0 amide bonds. The fraction of sp³-hybridized carbons (Fsp3) is 0.571. The lowest BCUT2D eigenvalue weighted by Gasteiger charge is -2.29. The lowest BCUT2D eigenvalue weighted by molar-refractivity contribution is 0.252. The molecule has 0 aliphatic carbocycles. The lowest BCUT2D eigenvalue weighted by atomic mass is 9.93. The van der Waals surface area contributed by atoms with Gasteiger partial charge in [-0.15, -0.1) is 0 Å². The third-order valence-electron chi connectivity index (χ3n) is 4.13. The summed E-state index contributed by atoms with van der Waals surface area (Å²) in [5.74, 6) is 0.436. The Kier molecular flexibility index (Phi) is 3.14. The van der Waals surface area contributed by atoms with Gasteiger partial charge in [0.25, 0.3) is 5.56 Å². The molecule has 19 heavy (non-hydrogen) atoms. The van der Waals surface area contributed by atoms with Gasteiger partial charge in [-0.05, 0) is 39.4 Å². The highest BCUT2D eigenvalue weighted by molar-refractivity contribution is 5.47. The second-order valence-corrected chi connectivity index (χ2v) is 5.42. The average Bonchev–Trinajstić information content (AvgIpc) is 2.81. The summed E-state index contributed by atoms with van der Waals surface area (Å²) in [4.78, 5) is 17.1. The molecule has 0 unspecified atom stereocenters. The maximum absolute atomic E-state index is 11.9. The molecular weight excluding hydrogens is 240 g/mol. The minimum atomic E-state index is -0.0170. The molecule has 0 radical (unpaired) electrons. The Balaban J connectivity index is 2.07. The van der Waals surface area contributed by atoms with E-state index in [1.165, 1.54) is 0 Å². The molecule has 2 aromatic heterocycles. The highest BCUT2D eigenvalue weighted by atomic mass is 16.1. The number of nitrogens with one attached hydrogen (secondary N) is 1. The van der Waals surface area contributed by atoms with E-state index in [-0.39, 0.29) is 5.56 Å². The number of aromatic amines is 1. The number of hydrogen-bond acceptors (Lipinski definition) is 3. The zero-order chi connectivity index (χ0) is 13.4. The van der Waals surface area contributed by atoms with Crippen LogP contribution in [0.1, 0.15) is 36.9 Å². The van der Waals surface area contributed by atoms with E-state index in [9.17, 15) is 4.79 Å². The van der Waals surface area contributed by atoms with Crippen molar-refractivity contribution in [3.05, 3.63) is 33.9 Å². The van der Waals surface area contributed by atoms with Crippen LogP contribution in [-0.2, 0) is 6.42 Å². The van der Waals surface area contributed by atoms with Crippen LogP contribution in [0, 0.1) is 0 Å². The van der Waals surface area contributed by atoms with Gasteiger partial charge in [-0.2, -0.15) is 5.10 Å². The molecular formula is C14H20N4O. The largest absolute Gasteiger partial charge is 0.307 e. The van der Waals surface area contributed by atoms with E-state index in [4.69, 9.17) is 0 Å². The van der Waals surface area contributed by atoms with Gasteiger partial charge in [0.2, 0.25) is 0 Å². The standard InChI is InChI=1S/C14H20N4O/c1-3-10-9-15-18-12(8-13(19)16-14(10)18)11-4-6-17(2)7-5-11/h8-9,11H,3-7H2,1-2H3,(H,16,19). The fourth-order valence-corrected chi connectivity index (χ4v) is 2.91. The maximum Gasteiger partial charge on any atom is 0.251 e. The predicted molar refractivity (Wildman–Crippen MR) is 74.7 cm³/mol. The minimum Gasteiger partial charge on any atom is -0.307 e. The summed E-state index contributed by atoms with van der Waals surface area (Å²) in [6, 6.07) is 1.72. The molecule has 102 valence electrons. The van der Waals surface area contributed by atoms with Crippen molar-refractivity contribution in [3.63, 3.8) is 0 Å². The first kappa shape index (κ1) is 12.4. The van der Waals surface area contributed by atoms with Gasteiger partial charge in [-0.3, -0.25) is 4.79 Å². The minimum absolute atomic E-state index is 0.0170. The Morgan fingerprint density at radius 2 is 2.16 bits per heavy atom. The van der Waals surface area contributed by atoms with Crippen LogP contribution < -0.4 is 5.56 Å². The molecule has 5 heteroatoms. The van der Waals surface area contributed by atoms with Crippen molar-refractivity contribution >= 4 is 5.65 Å². The van der Waals surface area contributed by atoms with Gasteiger partial charge < -0.3 is 9.88 Å². The van der Waals surface area contributed by atoms with Crippen molar-refractivity contribution in [2.75, 3.05) is 20.1 Å². The Morgan fingerprint density at radius 3 is 2.84 bits per heavy atom. The number of likely N-dealkylation sites (tertiary alicyclic amines) is 1. The zero-order valence-electron chi connectivity index (χ0n) is 11.5. The second kappa shape index (κ2) is 4.81. The number of H-pyrrole nitrogens is 1. The predicted octanol–water partition coefficient (Wildman–Crippen LogP) is 1.39. The topological polar surface area (TPSA) is 53.4 Å². The molecule has 1 N–H and O–H groups in total. The van der Waals surface area contributed by atoms with Gasteiger partial charge in [0.05, 0.1) is 11.9 Å². The van der Waals surface area contributed by atoms with Crippen molar-refractivity contribution in [2.24, 2.45) is 0 Å². The summed E-state index contributed by atoms with van der Waals surface area (Å²) < 4.78 is 1.93.